The molecule has 0 fully saturated rings. The van der Waals surface area contributed by atoms with Crippen molar-refractivity contribution in [2.45, 2.75) is 19.5 Å². The van der Waals surface area contributed by atoms with E-state index >= 15 is 0 Å². The minimum atomic E-state index is -0.217. The maximum absolute atomic E-state index is 12.8. The Bertz CT molecular complexity index is 528. The molecular formula is C15H17FN2O. The van der Waals surface area contributed by atoms with Crippen molar-refractivity contribution in [1.29, 1.82) is 0 Å². The minimum absolute atomic E-state index is 0.133. The van der Waals surface area contributed by atoms with Gasteiger partial charge >= 0.3 is 0 Å². The molecule has 0 spiro atoms. The van der Waals surface area contributed by atoms with Crippen LogP contribution in [0.3, 0.4) is 0 Å². The number of rotatable bonds is 5. The molecule has 0 bridgehead atoms. The largest absolute Gasteiger partial charge is 0.481 e. The monoisotopic (exact) mass is 260 g/mol. The van der Waals surface area contributed by atoms with Gasteiger partial charge in [-0.05, 0) is 30.7 Å². The van der Waals surface area contributed by atoms with E-state index in [4.69, 9.17) is 4.74 Å². The van der Waals surface area contributed by atoms with Crippen LogP contribution in [0.5, 0.6) is 5.88 Å². The van der Waals surface area contributed by atoms with E-state index < -0.39 is 0 Å². The van der Waals surface area contributed by atoms with Crippen molar-refractivity contribution in [2.75, 3.05) is 7.11 Å². The van der Waals surface area contributed by atoms with Crippen LogP contribution in [-0.4, -0.2) is 12.1 Å². The fraction of sp³-hybridized carbons (Fsp3) is 0.267. The number of nitrogens with zero attached hydrogens (tertiary/aromatic N) is 1. The van der Waals surface area contributed by atoms with Crippen molar-refractivity contribution in [3.63, 3.8) is 0 Å². The lowest BCUT2D eigenvalue weighted by Crippen LogP contribution is -2.18. The molecule has 0 radical (unpaired) electrons. The fourth-order valence-corrected chi connectivity index (χ4v) is 1.80. The quantitative estimate of drug-likeness (QED) is 0.897. The minimum Gasteiger partial charge on any atom is -0.481 e. The summed E-state index contributed by atoms with van der Waals surface area (Å²) >= 11 is 0. The van der Waals surface area contributed by atoms with Crippen LogP contribution in [0, 0.1) is 5.82 Å². The predicted octanol–water partition coefficient (Wildman–Crippen LogP) is 3.08. The summed E-state index contributed by atoms with van der Waals surface area (Å²) in [6, 6.07) is 12.3. The zero-order valence-corrected chi connectivity index (χ0v) is 11.1. The highest BCUT2D eigenvalue weighted by Crippen LogP contribution is 2.14. The standard InChI is InChI=1S/C15H17FN2O/c1-11(12-6-8-13(16)9-7-12)17-10-14-4-3-5-15(18-14)19-2/h3-9,11,17H,10H2,1-2H3/t11-/m0/s1. The summed E-state index contributed by atoms with van der Waals surface area (Å²) < 4.78 is 17.9. The number of hydrogen-bond donors (Lipinski definition) is 1. The second-order valence-corrected chi connectivity index (χ2v) is 4.33. The van der Waals surface area contributed by atoms with E-state index in [0.29, 0.717) is 12.4 Å². The van der Waals surface area contributed by atoms with Gasteiger partial charge in [0, 0.05) is 18.7 Å². The van der Waals surface area contributed by atoms with Gasteiger partial charge in [-0.3, -0.25) is 0 Å². The number of nitrogens with one attached hydrogen (secondary N) is 1. The summed E-state index contributed by atoms with van der Waals surface area (Å²) in [5.74, 6) is 0.388. The van der Waals surface area contributed by atoms with Gasteiger partial charge in [0.15, 0.2) is 0 Å². The third kappa shape index (κ3) is 3.76. The Morgan fingerprint density at radius 3 is 2.63 bits per heavy atom. The molecule has 0 aliphatic rings. The molecule has 1 N–H and O–H groups in total. The molecule has 0 aliphatic carbocycles. The molecule has 0 unspecified atom stereocenters. The van der Waals surface area contributed by atoms with E-state index in [0.717, 1.165) is 11.3 Å². The summed E-state index contributed by atoms with van der Waals surface area (Å²) in [6.07, 6.45) is 0. The van der Waals surface area contributed by atoms with Crippen molar-refractivity contribution in [3.8, 4) is 5.88 Å². The van der Waals surface area contributed by atoms with E-state index in [1.165, 1.54) is 12.1 Å². The number of halogens is 1. The summed E-state index contributed by atoms with van der Waals surface area (Å²) in [7, 11) is 1.60. The summed E-state index contributed by atoms with van der Waals surface area (Å²) in [6.45, 7) is 2.67. The van der Waals surface area contributed by atoms with Gasteiger partial charge in [0.2, 0.25) is 5.88 Å². The maximum Gasteiger partial charge on any atom is 0.213 e. The molecule has 1 heterocycles. The highest BCUT2D eigenvalue weighted by atomic mass is 19.1. The van der Waals surface area contributed by atoms with Crippen molar-refractivity contribution in [2.24, 2.45) is 0 Å². The Labute approximate surface area is 112 Å². The first-order valence-electron chi connectivity index (χ1n) is 6.18. The first-order valence-corrected chi connectivity index (χ1v) is 6.18. The van der Waals surface area contributed by atoms with Gasteiger partial charge in [0.1, 0.15) is 5.82 Å². The van der Waals surface area contributed by atoms with E-state index in [-0.39, 0.29) is 11.9 Å². The smallest absolute Gasteiger partial charge is 0.213 e. The molecule has 0 amide bonds. The molecule has 3 nitrogen and oxygen atoms in total. The fourth-order valence-electron chi connectivity index (χ4n) is 1.80. The van der Waals surface area contributed by atoms with Gasteiger partial charge in [-0.15, -0.1) is 0 Å². The highest BCUT2D eigenvalue weighted by Gasteiger charge is 2.05. The van der Waals surface area contributed by atoms with Crippen molar-refractivity contribution in [1.82, 2.24) is 10.3 Å². The number of pyridine rings is 1. The van der Waals surface area contributed by atoms with Crippen molar-refractivity contribution in [3.05, 3.63) is 59.5 Å². The van der Waals surface area contributed by atoms with Crippen LogP contribution in [0.15, 0.2) is 42.5 Å². The third-order valence-electron chi connectivity index (χ3n) is 2.95. The zero-order chi connectivity index (χ0) is 13.7. The van der Waals surface area contributed by atoms with Gasteiger partial charge in [0.25, 0.3) is 0 Å². The average molecular weight is 260 g/mol. The van der Waals surface area contributed by atoms with Gasteiger partial charge in [-0.25, -0.2) is 9.37 Å². The SMILES string of the molecule is COc1cccc(CN[C@@H](C)c2ccc(F)cc2)n1. The van der Waals surface area contributed by atoms with Gasteiger partial charge < -0.3 is 10.1 Å². The average Bonchev–Trinajstić information content (AvgIpc) is 2.46. The van der Waals surface area contributed by atoms with Crippen LogP contribution in [0.4, 0.5) is 4.39 Å². The van der Waals surface area contributed by atoms with Crippen molar-refractivity contribution >= 4 is 0 Å². The van der Waals surface area contributed by atoms with E-state index in [2.05, 4.69) is 10.3 Å². The van der Waals surface area contributed by atoms with Crippen molar-refractivity contribution < 1.29 is 9.13 Å². The molecule has 1 atom stereocenters. The summed E-state index contributed by atoms with van der Waals surface area (Å²) in [4.78, 5) is 4.33. The van der Waals surface area contributed by atoms with E-state index in [9.17, 15) is 4.39 Å². The van der Waals surface area contributed by atoms with Crippen LogP contribution in [0.2, 0.25) is 0 Å². The second kappa shape index (κ2) is 6.29. The maximum atomic E-state index is 12.8. The van der Waals surface area contributed by atoms with Crippen LogP contribution >= 0.6 is 0 Å². The molecule has 4 heteroatoms. The van der Waals surface area contributed by atoms with Crippen LogP contribution < -0.4 is 10.1 Å². The number of hydrogen-bond acceptors (Lipinski definition) is 3. The molecule has 1 aromatic heterocycles. The number of methoxy groups -OCH3 is 1. The molecule has 2 rings (SSSR count). The Morgan fingerprint density at radius 1 is 1.21 bits per heavy atom. The Kier molecular flexibility index (Phi) is 4.47. The lowest BCUT2D eigenvalue weighted by atomic mass is 10.1. The lowest BCUT2D eigenvalue weighted by Gasteiger charge is -2.14. The molecule has 100 valence electrons. The molecule has 19 heavy (non-hydrogen) atoms. The predicted molar refractivity (Wildman–Crippen MR) is 72.4 cm³/mol. The van der Waals surface area contributed by atoms with Crippen LogP contribution in [-0.2, 0) is 6.54 Å². The first kappa shape index (κ1) is 13.5. The molecule has 1 aromatic carbocycles. The van der Waals surface area contributed by atoms with Gasteiger partial charge in [-0.2, -0.15) is 0 Å². The lowest BCUT2D eigenvalue weighted by molar-refractivity contribution is 0.395. The number of benzene rings is 1. The van der Waals surface area contributed by atoms with Crippen LogP contribution in [0.25, 0.3) is 0 Å². The van der Waals surface area contributed by atoms with Crippen LogP contribution in [0.1, 0.15) is 24.2 Å². The molecular weight excluding hydrogens is 243 g/mol. The zero-order valence-electron chi connectivity index (χ0n) is 11.1. The summed E-state index contributed by atoms with van der Waals surface area (Å²) in [5, 5.41) is 3.35. The topological polar surface area (TPSA) is 34.1 Å². The summed E-state index contributed by atoms with van der Waals surface area (Å²) in [5.41, 5.74) is 1.96. The number of aromatic nitrogens is 1. The Hall–Kier alpha value is -1.94. The molecule has 2 aromatic rings. The molecule has 0 saturated carbocycles. The van der Waals surface area contributed by atoms with Gasteiger partial charge in [-0.1, -0.05) is 18.2 Å². The van der Waals surface area contributed by atoms with Gasteiger partial charge in [0.05, 0.1) is 12.8 Å². The third-order valence-corrected chi connectivity index (χ3v) is 2.95. The first-order chi connectivity index (χ1) is 9.19. The highest BCUT2D eigenvalue weighted by molar-refractivity contribution is 5.20. The Balaban J connectivity index is 1.96. The second-order valence-electron chi connectivity index (χ2n) is 4.33. The molecule has 0 saturated heterocycles. The Morgan fingerprint density at radius 2 is 1.95 bits per heavy atom. The van der Waals surface area contributed by atoms with E-state index in [1.807, 2.05) is 25.1 Å². The van der Waals surface area contributed by atoms with E-state index in [1.54, 1.807) is 19.2 Å². The number of ether oxygens (including phenoxy) is 1. The molecule has 0 aliphatic heterocycles. The normalized spacial score (nSPS) is 12.2.